The van der Waals surface area contributed by atoms with Crippen molar-refractivity contribution in [2.24, 2.45) is 7.05 Å². The fraction of sp³-hybridized carbons (Fsp3) is 0.438. The largest absolute Gasteiger partial charge is 0.316 e. The lowest BCUT2D eigenvalue weighted by molar-refractivity contribution is 0.532. The summed E-state index contributed by atoms with van der Waals surface area (Å²) in [5, 5.41) is 7.87. The maximum Gasteiger partial charge on any atom is 0.123 e. The van der Waals surface area contributed by atoms with E-state index in [-0.39, 0.29) is 11.9 Å². The molecular formula is C16H21BrFN3. The molecule has 0 bridgehead atoms. The molecule has 0 saturated heterocycles. The molecule has 1 aromatic heterocycles. The van der Waals surface area contributed by atoms with Crippen molar-refractivity contribution in [2.75, 3.05) is 7.05 Å². The molecule has 114 valence electrons. The quantitative estimate of drug-likeness (QED) is 0.863. The Balaban J connectivity index is 2.12. The highest BCUT2D eigenvalue weighted by molar-refractivity contribution is 9.10. The molecule has 0 aliphatic rings. The van der Waals surface area contributed by atoms with E-state index >= 15 is 0 Å². The first-order chi connectivity index (χ1) is 10.0. The molecule has 0 spiro atoms. The lowest BCUT2D eigenvalue weighted by Gasteiger charge is -2.17. The number of nitrogens with one attached hydrogen (secondary N) is 1. The number of halogens is 2. The van der Waals surface area contributed by atoms with Crippen LogP contribution in [0.1, 0.15) is 23.9 Å². The van der Waals surface area contributed by atoms with Crippen molar-refractivity contribution in [1.82, 2.24) is 15.1 Å². The third kappa shape index (κ3) is 3.92. The molecule has 2 aromatic rings. The Bertz CT molecular complexity index is 592. The molecule has 1 aromatic carbocycles. The molecule has 0 aliphatic heterocycles. The zero-order valence-corrected chi connectivity index (χ0v) is 14.2. The summed E-state index contributed by atoms with van der Waals surface area (Å²) in [6, 6.07) is 6.99. The van der Waals surface area contributed by atoms with Crippen LogP contribution in [0, 0.1) is 5.82 Å². The van der Waals surface area contributed by atoms with Crippen LogP contribution < -0.4 is 5.32 Å². The second kappa shape index (κ2) is 7.18. The summed E-state index contributed by atoms with van der Waals surface area (Å²) < 4.78 is 16.0. The Morgan fingerprint density at radius 3 is 2.48 bits per heavy atom. The van der Waals surface area contributed by atoms with E-state index in [0.717, 1.165) is 35.0 Å². The number of benzene rings is 1. The smallest absolute Gasteiger partial charge is 0.123 e. The summed E-state index contributed by atoms with van der Waals surface area (Å²) in [6.07, 6.45) is 2.64. The first-order valence-electron chi connectivity index (χ1n) is 7.17. The zero-order valence-electron chi connectivity index (χ0n) is 12.7. The summed E-state index contributed by atoms with van der Waals surface area (Å²) in [6.45, 7) is 2.10. The molecule has 21 heavy (non-hydrogen) atoms. The highest BCUT2D eigenvalue weighted by Crippen LogP contribution is 2.23. The first-order valence-corrected chi connectivity index (χ1v) is 7.96. The van der Waals surface area contributed by atoms with Gasteiger partial charge in [-0.2, -0.15) is 5.10 Å². The second-order valence-electron chi connectivity index (χ2n) is 5.20. The van der Waals surface area contributed by atoms with Crippen molar-refractivity contribution in [3.63, 3.8) is 0 Å². The van der Waals surface area contributed by atoms with E-state index in [4.69, 9.17) is 0 Å². The van der Waals surface area contributed by atoms with Gasteiger partial charge in [0.05, 0.1) is 15.9 Å². The Hall–Kier alpha value is -1.20. The lowest BCUT2D eigenvalue weighted by Crippen LogP contribution is -2.30. The molecule has 2 rings (SSSR count). The second-order valence-corrected chi connectivity index (χ2v) is 6.00. The minimum Gasteiger partial charge on any atom is -0.316 e. The maximum absolute atomic E-state index is 13.0. The van der Waals surface area contributed by atoms with Crippen molar-refractivity contribution >= 4 is 15.9 Å². The Morgan fingerprint density at radius 2 is 1.95 bits per heavy atom. The van der Waals surface area contributed by atoms with Gasteiger partial charge in [0.2, 0.25) is 0 Å². The SMILES string of the molecule is CCc1nn(C)c(CC(Cc2ccc(F)cc2)NC)c1Br. The number of hydrogen-bond donors (Lipinski definition) is 1. The predicted octanol–water partition coefficient (Wildman–Crippen LogP) is 3.26. The Morgan fingerprint density at radius 1 is 1.29 bits per heavy atom. The van der Waals surface area contributed by atoms with Gasteiger partial charge in [-0.25, -0.2) is 4.39 Å². The van der Waals surface area contributed by atoms with Gasteiger partial charge >= 0.3 is 0 Å². The highest BCUT2D eigenvalue weighted by atomic mass is 79.9. The molecule has 0 aliphatic carbocycles. The van der Waals surface area contributed by atoms with Crippen LogP contribution >= 0.6 is 15.9 Å². The monoisotopic (exact) mass is 353 g/mol. The fourth-order valence-electron chi connectivity index (χ4n) is 2.46. The van der Waals surface area contributed by atoms with E-state index in [0.29, 0.717) is 0 Å². The van der Waals surface area contributed by atoms with Crippen LogP contribution in [0.5, 0.6) is 0 Å². The molecule has 0 radical (unpaired) electrons. The van der Waals surface area contributed by atoms with Crippen LogP contribution in [0.3, 0.4) is 0 Å². The van der Waals surface area contributed by atoms with Gasteiger partial charge in [0.25, 0.3) is 0 Å². The van der Waals surface area contributed by atoms with Crippen LogP contribution in [0.15, 0.2) is 28.7 Å². The summed E-state index contributed by atoms with van der Waals surface area (Å²) in [7, 11) is 3.93. The Labute approximate surface area is 133 Å². The average Bonchev–Trinajstić information content (AvgIpc) is 2.75. The van der Waals surface area contributed by atoms with Crippen molar-refractivity contribution in [1.29, 1.82) is 0 Å². The standard InChI is InChI=1S/C16H21BrFN3/c1-4-14-16(17)15(21(3)20-14)10-13(19-2)9-11-5-7-12(18)8-6-11/h5-8,13,19H,4,9-10H2,1-3H3. The molecule has 1 heterocycles. The lowest BCUT2D eigenvalue weighted by atomic mass is 10.0. The van der Waals surface area contributed by atoms with Crippen LogP contribution in [-0.4, -0.2) is 22.9 Å². The Kier molecular flexibility index (Phi) is 5.53. The molecule has 0 fully saturated rings. The van der Waals surface area contributed by atoms with E-state index in [1.165, 1.54) is 17.8 Å². The van der Waals surface area contributed by atoms with Crippen molar-refractivity contribution in [3.05, 3.63) is 51.5 Å². The van der Waals surface area contributed by atoms with Crippen LogP contribution in [0.4, 0.5) is 4.39 Å². The van der Waals surface area contributed by atoms with Crippen LogP contribution in [-0.2, 0) is 26.3 Å². The van der Waals surface area contributed by atoms with E-state index in [2.05, 4.69) is 33.3 Å². The number of aromatic nitrogens is 2. The van der Waals surface area contributed by atoms with E-state index in [1.807, 2.05) is 30.9 Å². The average molecular weight is 354 g/mol. The molecule has 3 nitrogen and oxygen atoms in total. The van der Waals surface area contributed by atoms with Crippen molar-refractivity contribution in [3.8, 4) is 0 Å². The van der Waals surface area contributed by atoms with Gasteiger partial charge in [-0.3, -0.25) is 4.68 Å². The third-order valence-electron chi connectivity index (χ3n) is 3.75. The van der Waals surface area contributed by atoms with Crippen molar-refractivity contribution in [2.45, 2.75) is 32.2 Å². The summed E-state index contributed by atoms with van der Waals surface area (Å²) >= 11 is 3.65. The minimum absolute atomic E-state index is 0.193. The molecule has 0 saturated carbocycles. The molecule has 0 amide bonds. The molecule has 1 unspecified atom stereocenters. The minimum atomic E-state index is -0.193. The zero-order chi connectivity index (χ0) is 15.4. The molecular weight excluding hydrogens is 333 g/mol. The van der Waals surface area contributed by atoms with Gasteiger partial charge < -0.3 is 5.32 Å². The first kappa shape index (κ1) is 16.2. The predicted molar refractivity (Wildman–Crippen MR) is 86.9 cm³/mol. The fourth-order valence-corrected chi connectivity index (χ4v) is 3.23. The number of rotatable bonds is 6. The van der Waals surface area contributed by atoms with Crippen LogP contribution in [0.2, 0.25) is 0 Å². The van der Waals surface area contributed by atoms with Crippen LogP contribution in [0.25, 0.3) is 0 Å². The molecule has 1 N–H and O–H groups in total. The number of nitrogens with zero attached hydrogens (tertiary/aromatic N) is 2. The van der Waals surface area contributed by atoms with E-state index in [9.17, 15) is 4.39 Å². The van der Waals surface area contributed by atoms with Gasteiger partial charge in [0.1, 0.15) is 5.82 Å². The molecule has 5 heteroatoms. The third-order valence-corrected chi connectivity index (χ3v) is 4.66. The van der Waals surface area contributed by atoms with Gasteiger partial charge in [0.15, 0.2) is 0 Å². The topological polar surface area (TPSA) is 29.9 Å². The summed E-state index contributed by atoms with van der Waals surface area (Å²) in [5.41, 5.74) is 3.40. The number of aryl methyl sites for hydroxylation is 2. The van der Waals surface area contributed by atoms with Gasteiger partial charge in [-0.15, -0.1) is 0 Å². The van der Waals surface area contributed by atoms with Crippen molar-refractivity contribution < 1.29 is 4.39 Å². The van der Waals surface area contributed by atoms with E-state index < -0.39 is 0 Å². The van der Waals surface area contributed by atoms with Gasteiger partial charge in [-0.1, -0.05) is 19.1 Å². The summed E-state index contributed by atoms with van der Waals surface area (Å²) in [5.74, 6) is -0.193. The normalized spacial score (nSPS) is 12.6. The van der Waals surface area contributed by atoms with E-state index in [1.54, 1.807) is 0 Å². The number of hydrogen-bond acceptors (Lipinski definition) is 2. The highest BCUT2D eigenvalue weighted by Gasteiger charge is 2.17. The van der Waals surface area contributed by atoms with Gasteiger partial charge in [0, 0.05) is 19.5 Å². The maximum atomic E-state index is 13.0. The number of likely N-dealkylation sites (N-methyl/N-ethyl adjacent to an activating group) is 1. The summed E-state index contributed by atoms with van der Waals surface area (Å²) in [4.78, 5) is 0. The van der Waals surface area contributed by atoms with Gasteiger partial charge in [-0.05, 0) is 53.5 Å². The molecule has 1 atom stereocenters.